The third-order valence-corrected chi connectivity index (χ3v) is 3.95. The van der Waals surface area contributed by atoms with E-state index in [1.165, 1.54) is 0 Å². The van der Waals surface area contributed by atoms with Crippen LogP contribution in [0.1, 0.15) is 32.6 Å². The highest BCUT2D eigenvalue weighted by Crippen LogP contribution is 2.30. The van der Waals surface area contributed by atoms with Crippen molar-refractivity contribution < 1.29 is 22.8 Å². The predicted octanol–water partition coefficient (Wildman–Crippen LogP) is 1.55. The number of β-lactam (4-membered cyclic amide) rings is 1. The van der Waals surface area contributed by atoms with Crippen molar-refractivity contribution in [3.63, 3.8) is 0 Å². The molecule has 7 heteroatoms. The quantitative estimate of drug-likeness (QED) is 0.719. The van der Waals surface area contributed by atoms with Crippen molar-refractivity contribution in [2.45, 2.75) is 50.9 Å². The maximum atomic E-state index is 12.3. The van der Waals surface area contributed by atoms with Gasteiger partial charge in [0.25, 0.3) is 0 Å². The molecular formula is C12H17F3N2O2. The number of hydrogen-bond acceptors (Lipinski definition) is 2. The van der Waals surface area contributed by atoms with E-state index in [0.29, 0.717) is 19.3 Å². The lowest BCUT2D eigenvalue weighted by Crippen LogP contribution is -2.60. The average molecular weight is 278 g/mol. The summed E-state index contributed by atoms with van der Waals surface area (Å²) in [6.07, 6.45) is -2.52. The van der Waals surface area contributed by atoms with Gasteiger partial charge in [0.05, 0.1) is 0 Å². The zero-order valence-corrected chi connectivity index (χ0v) is 10.7. The minimum absolute atomic E-state index is 0.0107. The second-order valence-electron chi connectivity index (χ2n) is 5.09. The van der Waals surface area contributed by atoms with Crippen LogP contribution in [-0.2, 0) is 9.59 Å². The fraction of sp³-hybridized carbons (Fsp3) is 0.833. The molecule has 2 aliphatic heterocycles. The Kier molecular flexibility index (Phi) is 3.73. The van der Waals surface area contributed by atoms with E-state index >= 15 is 0 Å². The van der Waals surface area contributed by atoms with E-state index in [0.717, 1.165) is 11.3 Å². The van der Waals surface area contributed by atoms with Crippen LogP contribution < -0.4 is 0 Å². The molecule has 0 aromatic heterocycles. The van der Waals surface area contributed by atoms with Gasteiger partial charge in [-0.15, -0.1) is 0 Å². The number of halogens is 3. The summed E-state index contributed by atoms with van der Waals surface area (Å²) in [5.41, 5.74) is 0. The topological polar surface area (TPSA) is 40.6 Å². The average Bonchev–Trinajstić information content (AvgIpc) is 2.34. The van der Waals surface area contributed by atoms with Gasteiger partial charge in [0.1, 0.15) is 0 Å². The SMILES string of the molecule is CCC1CC(=O)N1C1CCN(C(=O)C(F)(F)F)CC1. The lowest BCUT2D eigenvalue weighted by molar-refractivity contribution is -0.187. The number of hydrogen-bond donors (Lipinski definition) is 0. The van der Waals surface area contributed by atoms with Crippen LogP contribution in [0, 0.1) is 0 Å². The first kappa shape index (κ1) is 14.1. The maximum absolute atomic E-state index is 12.3. The molecule has 0 radical (unpaired) electrons. The second-order valence-corrected chi connectivity index (χ2v) is 5.09. The molecule has 0 saturated carbocycles. The molecule has 0 aromatic carbocycles. The molecule has 19 heavy (non-hydrogen) atoms. The summed E-state index contributed by atoms with van der Waals surface area (Å²) in [6.45, 7) is 2.14. The monoisotopic (exact) mass is 278 g/mol. The van der Waals surface area contributed by atoms with Crippen LogP contribution in [0.2, 0.25) is 0 Å². The minimum Gasteiger partial charge on any atom is -0.336 e. The Morgan fingerprint density at radius 3 is 2.32 bits per heavy atom. The van der Waals surface area contributed by atoms with Gasteiger partial charge in [0.15, 0.2) is 0 Å². The molecule has 0 spiro atoms. The largest absolute Gasteiger partial charge is 0.471 e. The Morgan fingerprint density at radius 1 is 1.32 bits per heavy atom. The highest BCUT2D eigenvalue weighted by atomic mass is 19.4. The van der Waals surface area contributed by atoms with Gasteiger partial charge in [-0.3, -0.25) is 9.59 Å². The van der Waals surface area contributed by atoms with Crippen molar-refractivity contribution in [2.24, 2.45) is 0 Å². The van der Waals surface area contributed by atoms with Crippen LogP contribution in [0.15, 0.2) is 0 Å². The number of nitrogens with zero attached hydrogens (tertiary/aromatic N) is 2. The van der Waals surface area contributed by atoms with E-state index in [-0.39, 0.29) is 31.1 Å². The highest BCUT2D eigenvalue weighted by Gasteiger charge is 2.45. The Bertz CT molecular complexity index is 376. The molecule has 108 valence electrons. The number of rotatable bonds is 2. The number of piperidine rings is 1. The number of carbonyl (C=O) groups is 2. The molecule has 0 aliphatic carbocycles. The van der Waals surface area contributed by atoms with Crippen molar-refractivity contribution in [1.82, 2.24) is 9.80 Å². The molecule has 2 aliphatic rings. The van der Waals surface area contributed by atoms with Crippen molar-refractivity contribution in [1.29, 1.82) is 0 Å². The van der Waals surface area contributed by atoms with E-state index < -0.39 is 12.1 Å². The van der Waals surface area contributed by atoms with Gasteiger partial charge in [-0.05, 0) is 19.3 Å². The normalized spacial score (nSPS) is 25.5. The standard InChI is InChI=1S/C12H17F3N2O2/c1-2-8-7-10(18)17(8)9-3-5-16(6-4-9)11(19)12(13,14)15/h8-9H,2-7H2,1H3. The summed E-state index contributed by atoms with van der Waals surface area (Å²) < 4.78 is 36.9. The summed E-state index contributed by atoms with van der Waals surface area (Å²) in [6, 6.07) is 0.214. The Hall–Kier alpha value is -1.27. The molecule has 2 rings (SSSR count). The minimum atomic E-state index is -4.80. The highest BCUT2D eigenvalue weighted by molar-refractivity contribution is 5.84. The van der Waals surface area contributed by atoms with E-state index in [2.05, 4.69) is 0 Å². The Labute approximate surface area is 109 Å². The molecule has 0 aromatic rings. The van der Waals surface area contributed by atoms with Crippen molar-refractivity contribution in [2.75, 3.05) is 13.1 Å². The van der Waals surface area contributed by atoms with E-state index in [4.69, 9.17) is 0 Å². The Morgan fingerprint density at radius 2 is 1.89 bits per heavy atom. The molecule has 0 N–H and O–H groups in total. The first-order valence-electron chi connectivity index (χ1n) is 6.51. The summed E-state index contributed by atoms with van der Waals surface area (Å²) >= 11 is 0. The van der Waals surface area contributed by atoms with Gasteiger partial charge in [-0.1, -0.05) is 6.92 Å². The fourth-order valence-electron chi connectivity index (χ4n) is 2.87. The van der Waals surface area contributed by atoms with Crippen LogP contribution in [0.5, 0.6) is 0 Å². The molecule has 2 heterocycles. The third kappa shape index (κ3) is 2.69. The number of alkyl halides is 3. The second kappa shape index (κ2) is 5.02. The van der Waals surface area contributed by atoms with Crippen molar-refractivity contribution in [3.8, 4) is 0 Å². The van der Waals surface area contributed by atoms with Gasteiger partial charge in [-0.2, -0.15) is 13.2 Å². The van der Waals surface area contributed by atoms with Crippen LogP contribution >= 0.6 is 0 Å². The van der Waals surface area contributed by atoms with Gasteiger partial charge in [0.2, 0.25) is 5.91 Å². The van der Waals surface area contributed by atoms with Crippen LogP contribution in [0.3, 0.4) is 0 Å². The molecule has 1 atom stereocenters. The molecular weight excluding hydrogens is 261 g/mol. The molecule has 1 unspecified atom stereocenters. The van der Waals surface area contributed by atoms with Crippen LogP contribution in [0.4, 0.5) is 13.2 Å². The molecule has 2 fully saturated rings. The molecule has 2 amide bonds. The first-order chi connectivity index (χ1) is 8.84. The van der Waals surface area contributed by atoms with E-state index in [1.54, 1.807) is 4.90 Å². The van der Waals surface area contributed by atoms with Crippen LogP contribution in [-0.4, -0.2) is 53.0 Å². The summed E-state index contributed by atoms with van der Waals surface area (Å²) in [7, 11) is 0. The summed E-state index contributed by atoms with van der Waals surface area (Å²) in [5.74, 6) is -1.69. The third-order valence-electron chi connectivity index (χ3n) is 3.95. The maximum Gasteiger partial charge on any atom is 0.471 e. The summed E-state index contributed by atoms with van der Waals surface area (Å²) in [5, 5.41) is 0. The first-order valence-corrected chi connectivity index (χ1v) is 6.51. The van der Waals surface area contributed by atoms with Gasteiger partial charge < -0.3 is 9.80 Å². The molecule has 4 nitrogen and oxygen atoms in total. The zero-order chi connectivity index (χ0) is 14.2. The molecule has 2 saturated heterocycles. The van der Waals surface area contributed by atoms with Gasteiger partial charge in [0, 0.05) is 31.6 Å². The van der Waals surface area contributed by atoms with E-state index in [1.807, 2.05) is 6.92 Å². The number of amides is 2. The molecule has 0 bridgehead atoms. The predicted molar refractivity (Wildman–Crippen MR) is 61.2 cm³/mol. The smallest absolute Gasteiger partial charge is 0.336 e. The van der Waals surface area contributed by atoms with Gasteiger partial charge >= 0.3 is 12.1 Å². The zero-order valence-electron chi connectivity index (χ0n) is 10.7. The lowest BCUT2D eigenvalue weighted by Gasteiger charge is -2.48. The fourth-order valence-corrected chi connectivity index (χ4v) is 2.87. The van der Waals surface area contributed by atoms with Crippen molar-refractivity contribution >= 4 is 11.8 Å². The number of carbonyl (C=O) groups excluding carboxylic acids is 2. The summed E-state index contributed by atoms with van der Waals surface area (Å²) in [4.78, 5) is 25.2. The Balaban J connectivity index is 1.89. The van der Waals surface area contributed by atoms with Crippen molar-refractivity contribution in [3.05, 3.63) is 0 Å². The lowest BCUT2D eigenvalue weighted by atomic mass is 9.92. The van der Waals surface area contributed by atoms with Gasteiger partial charge in [-0.25, -0.2) is 0 Å². The van der Waals surface area contributed by atoms with E-state index in [9.17, 15) is 22.8 Å². The van der Waals surface area contributed by atoms with Crippen LogP contribution in [0.25, 0.3) is 0 Å². The number of likely N-dealkylation sites (tertiary alicyclic amines) is 2.